The lowest BCUT2D eigenvalue weighted by Crippen LogP contribution is -2.58. The molecule has 0 aromatic heterocycles. The minimum Gasteiger partial charge on any atom is -0.481 e. The van der Waals surface area contributed by atoms with Crippen LogP contribution in [0.1, 0.15) is 44.1 Å². The number of amides is 3. The summed E-state index contributed by atoms with van der Waals surface area (Å²) in [5, 5.41) is 26.1. The molecule has 0 saturated heterocycles. The molecule has 40 heavy (non-hydrogen) atoms. The number of carbonyl (C=O) groups excluding carboxylic acids is 3. The number of benzene rings is 1. The van der Waals surface area contributed by atoms with E-state index in [1.54, 1.807) is 30.3 Å². The van der Waals surface area contributed by atoms with Gasteiger partial charge in [-0.05, 0) is 37.8 Å². The van der Waals surface area contributed by atoms with E-state index in [2.05, 4.69) is 20.9 Å². The topological polar surface area (TPSA) is 278 Å². The fourth-order valence-corrected chi connectivity index (χ4v) is 3.67. The van der Waals surface area contributed by atoms with Crippen LogP contribution in [-0.4, -0.2) is 83.1 Å². The molecule has 1 rings (SSSR count). The highest BCUT2D eigenvalue weighted by molar-refractivity contribution is 5.95. The maximum atomic E-state index is 13.2. The van der Waals surface area contributed by atoms with Crippen molar-refractivity contribution in [2.24, 2.45) is 27.9 Å². The molecular weight excluding hydrogens is 524 g/mol. The molecule has 4 atom stereocenters. The number of aliphatic carboxylic acids is 2. The Morgan fingerprint density at radius 1 is 0.800 bits per heavy atom. The lowest BCUT2D eigenvalue weighted by molar-refractivity contribution is -0.143. The van der Waals surface area contributed by atoms with E-state index in [1.807, 2.05) is 0 Å². The van der Waals surface area contributed by atoms with Gasteiger partial charge < -0.3 is 49.1 Å². The molecule has 13 N–H and O–H groups in total. The Balaban J connectivity index is 3.06. The Hall–Kier alpha value is -4.24. The lowest BCUT2D eigenvalue weighted by Gasteiger charge is -2.25. The molecule has 15 heteroatoms. The second-order valence-electron chi connectivity index (χ2n) is 9.15. The van der Waals surface area contributed by atoms with Crippen LogP contribution >= 0.6 is 0 Å². The number of hydrogen-bond donors (Lipinski definition) is 9. The number of nitrogens with two attached hydrogens (primary N) is 4. The highest BCUT2D eigenvalue weighted by Crippen LogP contribution is 2.07. The van der Waals surface area contributed by atoms with E-state index in [1.165, 1.54) is 0 Å². The van der Waals surface area contributed by atoms with Gasteiger partial charge in [-0.1, -0.05) is 36.8 Å². The van der Waals surface area contributed by atoms with Gasteiger partial charge in [0.1, 0.15) is 18.1 Å². The van der Waals surface area contributed by atoms with E-state index in [9.17, 15) is 34.2 Å². The van der Waals surface area contributed by atoms with Gasteiger partial charge in [-0.2, -0.15) is 0 Å². The number of nitrogens with zero attached hydrogens (tertiary/aromatic N) is 1. The largest absolute Gasteiger partial charge is 0.481 e. The fraction of sp³-hybridized carbons (Fsp3) is 0.520. The first-order chi connectivity index (χ1) is 18.9. The summed E-state index contributed by atoms with van der Waals surface area (Å²) in [5.41, 5.74) is 22.5. The molecule has 0 radical (unpaired) electrons. The van der Waals surface area contributed by atoms with Crippen LogP contribution in [0.5, 0.6) is 0 Å². The van der Waals surface area contributed by atoms with Crippen LogP contribution in [0.2, 0.25) is 0 Å². The SMILES string of the molecule is NCCCCC(N)C(=O)NC(CC(=O)O)C(=O)NC(Cc1ccccc1)C(=O)NC(CCCN=C(N)N)C(=O)O. The molecule has 0 bridgehead atoms. The standard InChI is InChI=1S/C25H40N8O7/c26-11-5-4-9-16(27)21(36)32-19(14-20(34)35)23(38)33-18(13-15-7-2-1-3-8-15)22(37)31-17(24(39)40)10-6-12-30-25(28)29/h1-3,7-8,16-19H,4-6,9-14,26-27H2,(H,31,37)(H,32,36)(H,33,38)(H,34,35)(H,39,40)(H4,28,29,30). The number of hydrogen-bond acceptors (Lipinski definition) is 8. The fourth-order valence-electron chi connectivity index (χ4n) is 3.67. The third-order valence-electron chi connectivity index (χ3n) is 5.79. The third kappa shape index (κ3) is 13.5. The smallest absolute Gasteiger partial charge is 0.326 e. The monoisotopic (exact) mass is 564 g/mol. The Morgan fingerprint density at radius 2 is 1.40 bits per heavy atom. The van der Waals surface area contributed by atoms with Crippen LogP contribution in [0.3, 0.4) is 0 Å². The Labute approximate surface area is 232 Å². The summed E-state index contributed by atoms with van der Waals surface area (Å²) in [4.78, 5) is 65.8. The molecule has 0 saturated carbocycles. The van der Waals surface area contributed by atoms with E-state index in [0.29, 0.717) is 24.9 Å². The summed E-state index contributed by atoms with van der Waals surface area (Å²) >= 11 is 0. The maximum absolute atomic E-state index is 13.2. The van der Waals surface area contributed by atoms with Crippen molar-refractivity contribution >= 4 is 35.6 Å². The summed E-state index contributed by atoms with van der Waals surface area (Å²) in [6.45, 7) is 0.569. The van der Waals surface area contributed by atoms with E-state index in [-0.39, 0.29) is 38.2 Å². The second-order valence-corrected chi connectivity index (χ2v) is 9.15. The van der Waals surface area contributed by atoms with E-state index in [0.717, 1.165) is 0 Å². The van der Waals surface area contributed by atoms with Gasteiger partial charge in [0.2, 0.25) is 17.7 Å². The van der Waals surface area contributed by atoms with Gasteiger partial charge in [0, 0.05) is 13.0 Å². The van der Waals surface area contributed by atoms with Crippen LogP contribution in [0.25, 0.3) is 0 Å². The second kappa shape index (κ2) is 18.1. The molecule has 1 aromatic carbocycles. The van der Waals surface area contributed by atoms with Gasteiger partial charge in [0.05, 0.1) is 12.5 Å². The van der Waals surface area contributed by atoms with Crippen molar-refractivity contribution in [3.05, 3.63) is 35.9 Å². The van der Waals surface area contributed by atoms with Crippen LogP contribution in [0.4, 0.5) is 0 Å². The number of nitrogens with one attached hydrogen (secondary N) is 3. The Kier molecular flexibility index (Phi) is 15.3. The van der Waals surface area contributed by atoms with Crippen molar-refractivity contribution in [2.75, 3.05) is 13.1 Å². The van der Waals surface area contributed by atoms with Gasteiger partial charge in [0.15, 0.2) is 5.96 Å². The molecule has 4 unspecified atom stereocenters. The molecule has 1 aromatic rings. The molecule has 0 aliphatic rings. The zero-order valence-corrected chi connectivity index (χ0v) is 22.3. The van der Waals surface area contributed by atoms with Crippen LogP contribution in [-0.2, 0) is 30.4 Å². The number of unbranched alkanes of at least 4 members (excludes halogenated alkanes) is 1. The summed E-state index contributed by atoms with van der Waals surface area (Å²) < 4.78 is 0. The summed E-state index contributed by atoms with van der Waals surface area (Å²) in [7, 11) is 0. The van der Waals surface area contributed by atoms with Crippen LogP contribution in [0.15, 0.2) is 35.3 Å². The molecule has 15 nitrogen and oxygen atoms in total. The zero-order valence-electron chi connectivity index (χ0n) is 22.3. The van der Waals surface area contributed by atoms with Gasteiger partial charge >= 0.3 is 11.9 Å². The van der Waals surface area contributed by atoms with Crippen molar-refractivity contribution < 1.29 is 34.2 Å². The molecular formula is C25H40N8O7. The third-order valence-corrected chi connectivity index (χ3v) is 5.79. The van der Waals surface area contributed by atoms with Crippen LogP contribution < -0.4 is 38.9 Å². The van der Waals surface area contributed by atoms with E-state index < -0.39 is 60.2 Å². The van der Waals surface area contributed by atoms with Gasteiger partial charge in [-0.3, -0.25) is 24.2 Å². The van der Waals surface area contributed by atoms with Crippen molar-refractivity contribution in [2.45, 2.75) is 69.1 Å². The molecule has 0 fully saturated rings. The van der Waals surface area contributed by atoms with Crippen molar-refractivity contribution in [1.29, 1.82) is 0 Å². The minimum atomic E-state index is -1.54. The van der Waals surface area contributed by atoms with Gasteiger partial charge in [-0.25, -0.2) is 4.79 Å². The first-order valence-corrected chi connectivity index (χ1v) is 12.8. The maximum Gasteiger partial charge on any atom is 0.326 e. The number of guanidine groups is 1. The first kappa shape index (κ1) is 33.8. The summed E-state index contributed by atoms with van der Waals surface area (Å²) in [6.07, 6.45) is 0.940. The van der Waals surface area contributed by atoms with Gasteiger partial charge in [0.25, 0.3) is 0 Å². The molecule has 0 heterocycles. The number of carboxylic acids is 2. The predicted octanol–water partition coefficient (Wildman–Crippen LogP) is -2.25. The highest BCUT2D eigenvalue weighted by atomic mass is 16.4. The van der Waals surface area contributed by atoms with Crippen LogP contribution in [0, 0.1) is 0 Å². The quantitative estimate of drug-likeness (QED) is 0.0491. The normalized spacial score (nSPS) is 13.7. The number of rotatable bonds is 19. The number of aliphatic imine (C=N–C) groups is 1. The molecule has 0 aliphatic carbocycles. The van der Waals surface area contributed by atoms with E-state index >= 15 is 0 Å². The lowest BCUT2D eigenvalue weighted by atomic mass is 10.0. The number of carboxylic acid groups (broad SMARTS) is 2. The summed E-state index contributed by atoms with van der Waals surface area (Å²) in [5.74, 6) is -5.31. The van der Waals surface area contributed by atoms with Gasteiger partial charge in [-0.15, -0.1) is 0 Å². The minimum absolute atomic E-state index is 0.00357. The van der Waals surface area contributed by atoms with E-state index in [4.69, 9.17) is 22.9 Å². The van der Waals surface area contributed by atoms with Crippen molar-refractivity contribution in [3.63, 3.8) is 0 Å². The Morgan fingerprint density at radius 3 is 1.98 bits per heavy atom. The average Bonchev–Trinajstić information content (AvgIpc) is 2.89. The molecule has 0 aliphatic heterocycles. The molecule has 0 spiro atoms. The molecule has 3 amide bonds. The Bertz CT molecular complexity index is 1020. The molecule has 222 valence electrons. The van der Waals surface area contributed by atoms with Crippen molar-refractivity contribution in [1.82, 2.24) is 16.0 Å². The highest BCUT2D eigenvalue weighted by Gasteiger charge is 2.31. The zero-order chi connectivity index (χ0) is 30.1. The number of carbonyl (C=O) groups is 5. The first-order valence-electron chi connectivity index (χ1n) is 12.8. The average molecular weight is 565 g/mol. The summed E-state index contributed by atoms with van der Waals surface area (Å²) in [6, 6.07) is 3.47. The van der Waals surface area contributed by atoms with Crippen molar-refractivity contribution in [3.8, 4) is 0 Å². The predicted molar refractivity (Wildman–Crippen MR) is 147 cm³/mol.